The van der Waals surface area contributed by atoms with E-state index in [0.717, 1.165) is 22.3 Å². The van der Waals surface area contributed by atoms with Crippen molar-refractivity contribution in [3.8, 4) is 0 Å². The molecular formula is C12H18BrN3O. The minimum Gasteiger partial charge on any atom is -0.397 e. The zero-order chi connectivity index (χ0) is 12.8. The number of anilines is 2. The molecule has 0 spiro atoms. The summed E-state index contributed by atoms with van der Waals surface area (Å²) in [5.41, 5.74) is 7.33. The van der Waals surface area contributed by atoms with Crippen LogP contribution in [0.4, 0.5) is 11.5 Å². The van der Waals surface area contributed by atoms with Crippen LogP contribution in [0, 0.1) is 12.3 Å². The predicted molar refractivity (Wildman–Crippen MR) is 72.9 cm³/mol. The highest BCUT2D eigenvalue weighted by Gasteiger charge is 2.47. The van der Waals surface area contributed by atoms with Crippen LogP contribution in [-0.2, 0) is 0 Å². The monoisotopic (exact) mass is 299 g/mol. The number of hydrogen-bond donors (Lipinski definition) is 3. The number of aromatic nitrogens is 1. The number of hydrogen-bond acceptors (Lipinski definition) is 4. The van der Waals surface area contributed by atoms with Crippen LogP contribution in [0.2, 0.25) is 0 Å². The van der Waals surface area contributed by atoms with Crippen molar-refractivity contribution >= 4 is 27.4 Å². The Labute approximate surface area is 110 Å². The van der Waals surface area contributed by atoms with Gasteiger partial charge in [0.2, 0.25) is 0 Å². The fourth-order valence-electron chi connectivity index (χ4n) is 2.00. The average Bonchev–Trinajstić information content (AvgIpc) is 2.29. The molecule has 5 heteroatoms. The summed E-state index contributed by atoms with van der Waals surface area (Å²) in [5, 5.41) is 13.1. The molecule has 2 atom stereocenters. The second kappa shape index (κ2) is 4.14. The minimum absolute atomic E-state index is 0.115. The van der Waals surface area contributed by atoms with Gasteiger partial charge in [0.15, 0.2) is 0 Å². The third-order valence-corrected chi connectivity index (χ3v) is 4.80. The van der Waals surface area contributed by atoms with Gasteiger partial charge in [-0.15, -0.1) is 0 Å². The Balaban J connectivity index is 2.18. The van der Waals surface area contributed by atoms with Crippen LogP contribution >= 0.6 is 15.9 Å². The molecule has 0 bridgehead atoms. The van der Waals surface area contributed by atoms with Crippen LogP contribution in [-0.4, -0.2) is 22.2 Å². The number of nitrogens with zero attached hydrogens (tertiary/aromatic N) is 1. The van der Waals surface area contributed by atoms with E-state index in [-0.39, 0.29) is 17.6 Å². The van der Waals surface area contributed by atoms with Crippen LogP contribution in [0.5, 0.6) is 0 Å². The molecule has 4 nitrogen and oxygen atoms in total. The number of pyridine rings is 1. The highest BCUT2D eigenvalue weighted by molar-refractivity contribution is 9.10. The second-order valence-electron chi connectivity index (χ2n) is 5.27. The molecule has 1 aromatic heterocycles. The molecule has 1 aliphatic rings. The summed E-state index contributed by atoms with van der Waals surface area (Å²) in [5.74, 6) is 0.793. The number of nitrogens with two attached hydrogens (primary N) is 1. The van der Waals surface area contributed by atoms with Gasteiger partial charge in [-0.05, 0) is 34.8 Å². The van der Waals surface area contributed by atoms with Gasteiger partial charge in [-0.3, -0.25) is 0 Å². The fraction of sp³-hybridized carbons (Fsp3) is 0.583. The Morgan fingerprint density at radius 2 is 2.24 bits per heavy atom. The van der Waals surface area contributed by atoms with Gasteiger partial charge >= 0.3 is 0 Å². The third kappa shape index (κ3) is 2.02. The summed E-state index contributed by atoms with van der Waals surface area (Å²) < 4.78 is 0.898. The Kier molecular flexibility index (Phi) is 3.08. The Hall–Kier alpha value is -0.810. The maximum atomic E-state index is 9.70. The first kappa shape index (κ1) is 12.6. The lowest BCUT2D eigenvalue weighted by atomic mass is 9.64. The van der Waals surface area contributed by atoms with Crippen molar-refractivity contribution in [1.29, 1.82) is 0 Å². The number of nitrogen functional groups attached to an aromatic ring is 1. The number of halogens is 1. The Morgan fingerprint density at radius 1 is 1.59 bits per heavy atom. The molecule has 2 rings (SSSR count). The van der Waals surface area contributed by atoms with Gasteiger partial charge in [0.05, 0.1) is 22.5 Å². The lowest BCUT2D eigenvalue weighted by Crippen LogP contribution is -2.57. The average molecular weight is 300 g/mol. The summed E-state index contributed by atoms with van der Waals surface area (Å²) >= 11 is 3.50. The number of aliphatic hydroxyl groups is 1. The zero-order valence-electron chi connectivity index (χ0n) is 10.3. The molecule has 1 aliphatic carbocycles. The zero-order valence-corrected chi connectivity index (χ0v) is 11.9. The summed E-state index contributed by atoms with van der Waals surface area (Å²) in [7, 11) is 0. The standard InChI is InChI=1S/C12H18BrN3O/c1-6-7(14)5-15-11(10(6)13)16-8-4-9(17)12(8,2)3/h5,8-9,17H,4,14H2,1-3H3,(H,15,16). The lowest BCUT2D eigenvalue weighted by molar-refractivity contribution is -0.0511. The van der Waals surface area contributed by atoms with Crippen LogP contribution in [0.1, 0.15) is 25.8 Å². The first-order valence-corrected chi connectivity index (χ1v) is 6.48. The molecule has 0 aromatic carbocycles. The largest absolute Gasteiger partial charge is 0.397 e. The van der Waals surface area contributed by atoms with Crippen molar-refractivity contribution in [2.75, 3.05) is 11.1 Å². The van der Waals surface area contributed by atoms with E-state index in [1.54, 1.807) is 6.20 Å². The fourth-order valence-corrected chi connectivity index (χ4v) is 2.45. The molecule has 1 saturated carbocycles. The van der Waals surface area contributed by atoms with E-state index in [2.05, 4.69) is 40.1 Å². The quantitative estimate of drug-likeness (QED) is 0.784. The van der Waals surface area contributed by atoms with Gasteiger partial charge in [0.25, 0.3) is 0 Å². The maximum Gasteiger partial charge on any atom is 0.140 e. The molecule has 0 radical (unpaired) electrons. The highest BCUT2D eigenvalue weighted by Crippen LogP contribution is 2.43. The predicted octanol–water partition coefficient (Wildman–Crippen LogP) is 2.31. The number of rotatable bonds is 2. The first-order chi connectivity index (χ1) is 7.84. The molecule has 2 unspecified atom stereocenters. The lowest BCUT2D eigenvalue weighted by Gasteiger charge is -2.49. The third-order valence-electron chi connectivity index (χ3n) is 3.83. The summed E-state index contributed by atoms with van der Waals surface area (Å²) in [6.45, 7) is 6.06. The van der Waals surface area contributed by atoms with Crippen LogP contribution < -0.4 is 11.1 Å². The molecule has 0 amide bonds. The van der Waals surface area contributed by atoms with E-state index in [9.17, 15) is 5.11 Å². The molecule has 1 aromatic rings. The van der Waals surface area contributed by atoms with Crippen molar-refractivity contribution in [2.45, 2.75) is 39.3 Å². The first-order valence-electron chi connectivity index (χ1n) is 5.69. The summed E-state index contributed by atoms with van der Waals surface area (Å²) in [6.07, 6.45) is 2.17. The van der Waals surface area contributed by atoms with E-state index in [4.69, 9.17) is 5.73 Å². The molecule has 94 valence electrons. The minimum atomic E-state index is -0.242. The normalized spacial score (nSPS) is 26.4. The Bertz CT molecular complexity index is 448. The smallest absolute Gasteiger partial charge is 0.140 e. The van der Waals surface area contributed by atoms with Crippen LogP contribution in [0.3, 0.4) is 0 Å². The van der Waals surface area contributed by atoms with E-state index in [0.29, 0.717) is 5.69 Å². The van der Waals surface area contributed by atoms with Crippen molar-refractivity contribution in [1.82, 2.24) is 4.98 Å². The SMILES string of the molecule is Cc1c(N)cnc(NC2CC(O)C2(C)C)c1Br. The topological polar surface area (TPSA) is 71.2 Å². The summed E-state index contributed by atoms with van der Waals surface area (Å²) in [4.78, 5) is 4.29. The molecule has 17 heavy (non-hydrogen) atoms. The number of nitrogens with one attached hydrogen (secondary N) is 1. The van der Waals surface area contributed by atoms with Crippen LogP contribution in [0.15, 0.2) is 10.7 Å². The molecular weight excluding hydrogens is 282 g/mol. The number of aliphatic hydroxyl groups excluding tert-OH is 1. The van der Waals surface area contributed by atoms with E-state index >= 15 is 0 Å². The maximum absolute atomic E-state index is 9.70. The van der Waals surface area contributed by atoms with Crippen molar-refractivity contribution in [3.63, 3.8) is 0 Å². The van der Waals surface area contributed by atoms with Gasteiger partial charge in [-0.2, -0.15) is 0 Å². The summed E-state index contributed by atoms with van der Waals surface area (Å²) in [6, 6.07) is 0.240. The molecule has 1 fully saturated rings. The highest BCUT2D eigenvalue weighted by atomic mass is 79.9. The Morgan fingerprint density at radius 3 is 2.76 bits per heavy atom. The van der Waals surface area contributed by atoms with E-state index in [1.165, 1.54) is 0 Å². The molecule has 0 saturated heterocycles. The van der Waals surface area contributed by atoms with Crippen LogP contribution in [0.25, 0.3) is 0 Å². The van der Waals surface area contributed by atoms with Gasteiger partial charge in [0, 0.05) is 11.5 Å². The van der Waals surface area contributed by atoms with Crippen molar-refractivity contribution in [2.24, 2.45) is 5.41 Å². The van der Waals surface area contributed by atoms with Gasteiger partial charge in [-0.25, -0.2) is 4.98 Å². The van der Waals surface area contributed by atoms with Crippen molar-refractivity contribution in [3.05, 3.63) is 16.2 Å². The molecule has 0 aliphatic heterocycles. The molecule has 4 N–H and O–H groups in total. The van der Waals surface area contributed by atoms with Gasteiger partial charge in [0.1, 0.15) is 5.82 Å². The molecule has 1 heterocycles. The van der Waals surface area contributed by atoms with E-state index in [1.807, 2.05) is 6.92 Å². The second-order valence-corrected chi connectivity index (χ2v) is 6.06. The van der Waals surface area contributed by atoms with Gasteiger partial charge < -0.3 is 16.2 Å². The van der Waals surface area contributed by atoms with Crippen molar-refractivity contribution < 1.29 is 5.11 Å². The van der Waals surface area contributed by atoms with E-state index < -0.39 is 0 Å². The van der Waals surface area contributed by atoms with Gasteiger partial charge in [-0.1, -0.05) is 13.8 Å².